The van der Waals surface area contributed by atoms with Gasteiger partial charge in [-0.25, -0.2) is 9.97 Å². The van der Waals surface area contributed by atoms with E-state index >= 15 is 0 Å². The Morgan fingerprint density at radius 2 is 2.00 bits per heavy atom. The van der Waals surface area contributed by atoms with E-state index in [2.05, 4.69) is 19.9 Å². The normalized spacial score (nSPS) is 30.4. The van der Waals surface area contributed by atoms with Crippen molar-refractivity contribution in [2.45, 2.75) is 24.5 Å². The number of fused-ring (bicyclic) bond motifs is 1. The van der Waals surface area contributed by atoms with Gasteiger partial charge in [0, 0.05) is 26.2 Å². The fourth-order valence-electron chi connectivity index (χ4n) is 3.47. The van der Waals surface area contributed by atoms with Gasteiger partial charge in [0.15, 0.2) is 17.4 Å². The highest BCUT2D eigenvalue weighted by Gasteiger charge is 2.45. The maximum atomic E-state index is 12.2. The molecule has 2 aromatic heterocycles. The van der Waals surface area contributed by atoms with Gasteiger partial charge in [-0.2, -0.15) is 0 Å². The molecule has 11 heteroatoms. The Morgan fingerprint density at radius 3 is 2.65 bits per heavy atom. The van der Waals surface area contributed by atoms with Crippen molar-refractivity contribution >= 4 is 17.1 Å². The molecule has 2 saturated heterocycles. The smallest absolute Gasteiger partial charge is 0.278 e. The zero-order chi connectivity index (χ0) is 18.4. The monoisotopic (exact) mass is 366 g/mol. The lowest BCUT2D eigenvalue weighted by atomic mass is 10.1. The van der Waals surface area contributed by atoms with Crippen LogP contribution in [0.15, 0.2) is 11.1 Å². The van der Waals surface area contributed by atoms with Crippen LogP contribution in [-0.4, -0.2) is 97.9 Å². The summed E-state index contributed by atoms with van der Waals surface area (Å²) in [6.45, 7) is 2.59. The molecule has 0 aliphatic carbocycles. The van der Waals surface area contributed by atoms with E-state index in [1.54, 1.807) is 4.57 Å². The molecule has 4 rings (SSSR count). The van der Waals surface area contributed by atoms with E-state index in [1.807, 2.05) is 11.9 Å². The van der Waals surface area contributed by atoms with E-state index in [9.17, 15) is 20.1 Å². The third-order valence-electron chi connectivity index (χ3n) is 5.02. The summed E-state index contributed by atoms with van der Waals surface area (Å²) in [5.74, 6) is 0.451. The van der Waals surface area contributed by atoms with E-state index in [1.165, 1.54) is 6.33 Å². The number of anilines is 1. The summed E-state index contributed by atoms with van der Waals surface area (Å²) < 4.78 is 7.20. The molecule has 142 valence electrons. The highest BCUT2D eigenvalue weighted by Crippen LogP contribution is 2.35. The van der Waals surface area contributed by atoms with Crippen LogP contribution in [0.5, 0.6) is 0 Å². The molecule has 0 spiro atoms. The van der Waals surface area contributed by atoms with Gasteiger partial charge in [-0.1, -0.05) is 0 Å². The van der Waals surface area contributed by atoms with E-state index < -0.39 is 36.7 Å². The van der Waals surface area contributed by atoms with Crippen molar-refractivity contribution in [3.8, 4) is 0 Å². The number of piperazine rings is 1. The zero-order valence-electron chi connectivity index (χ0n) is 14.3. The van der Waals surface area contributed by atoms with Crippen molar-refractivity contribution < 1.29 is 20.1 Å². The van der Waals surface area contributed by atoms with Crippen molar-refractivity contribution in [1.82, 2.24) is 24.4 Å². The van der Waals surface area contributed by atoms with Gasteiger partial charge in [0.1, 0.15) is 18.3 Å². The Morgan fingerprint density at radius 1 is 1.27 bits per heavy atom. The van der Waals surface area contributed by atoms with Crippen LogP contribution >= 0.6 is 0 Å². The standard InChI is InChI=1S/C15H22N6O5/c1-19-2-4-20(5-3-19)15-18-9-12(16-7-17-13(9)25)21(15)14-11(24)10(23)8(6-22)26-14/h7-8,10-11,14,22-24H,2-6H2,1H3,(H,16,17,25)/t8-,10+,11+,14+/m0/s1. The summed E-state index contributed by atoms with van der Waals surface area (Å²) in [5, 5.41) is 29.9. The summed E-state index contributed by atoms with van der Waals surface area (Å²) in [4.78, 5) is 27.5. The van der Waals surface area contributed by atoms with Gasteiger partial charge in [0.2, 0.25) is 5.95 Å². The van der Waals surface area contributed by atoms with Crippen LogP contribution in [0.25, 0.3) is 11.2 Å². The van der Waals surface area contributed by atoms with Gasteiger partial charge in [-0.05, 0) is 7.05 Å². The minimum atomic E-state index is -1.28. The van der Waals surface area contributed by atoms with Crippen LogP contribution in [0.1, 0.15) is 6.23 Å². The summed E-state index contributed by atoms with van der Waals surface area (Å²) in [6, 6.07) is 0. The van der Waals surface area contributed by atoms with Crippen molar-refractivity contribution in [2.75, 3.05) is 44.7 Å². The van der Waals surface area contributed by atoms with E-state index in [0.29, 0.717) is 19.0 Å². The number of aromatic amines is 1. The van der Waals surface area contributed by atoms with Crippen molar-refractivity contribution in [3.05, 3.63) is 16.7 Å². The molecule has 0 saturated carbocycles. The van der Waals surface area contributed by atoms with Crippen LogP contribution < -0.4 is 10.5 Å². The first-order valence-electron chi connectivity index (χ1n) is 8.53. The Kier molecular flexibility index (Phi) is 4.40. The third kappa shape index (κ3) is 2.68. The number of aromatic nitrogens is 4. The second-order valence-electron chi connectivity index (χ2n) is 6.70. The first kappa shape index (κ1) is 17.4. The van der Waals surface area contributed by atoms with Gasteiger partial charge in [-0.3, -0.25) is 9.36 Å². The lowest BCUT2D eigenvalue weighted by Gasteiger charge is -2.34. The maximum absolute atomic E-state index is 12.2. The molecule has 2 aromatic rings. The molecule has 0 radical (unpaired) electrons. The van der Waals surface area contributed by atoms with E-state index in [0.717, 1.165) is 13.1 Å². The number of rotatable bonds is 3. The molecule has 0 unspecified atom stereocenters. The van der Waals surface area contributed by atoms with Crippen LogP contribution in [0.4, 0.5) is 5.95 Å². The van der Waals surface area contributed by atoms with Crippen LogP contribution in [0.2, 0.25) is 0 Å². The largest absolute Gasteiger partial charge is 0.394 e. The van der Waals surface area contributed by atoms with Crippen LogP contribution in [0, 0.1) is 0 Å². The molecule has 11 nitrogen and oxygen atoms in total. The Labute approximate surface area is 148 Å². The first-order chi connectivity index (χ1) is 12.5. The summed E-state index contributed by atoms with van der Waals surface area (Å²) >= 11 is 0. The molecule has 2 aliphatic rings. The molecule has 0 amide bonds. The highest BCUT2D eigenvalue weighted by atomic mass is 16.6. The van der Waals surface area contributed by atoms with Gasteiger partial charge in [0.25, 0.3) is 5.56 Å². The van der Waals surface area contributed by atoms with Crippen molar-refractivity contribution in [1.29, 1.82) is 0 Å². The third-order valence-corrected chi connectivity index (χ3v) is 5.02. The fourth-order valence-corrected chi connectivity index (χ4v) is 3.47. The molecule has 26 heavy (non-hydrogen) atoms. The van der Waals surface area contributed by atoms with Crippen LogP contribution in [0.3, 0.4) is 0 Å². The second-order valence-corrected chi connectivity index (χ2v) is 6.70. The average Bonchev–Trinajstić information content (AvgIpc) is 3.15. The summed E-state index contributed by atoms with van der Waals surface area (Å²) in [6.07, 6.45) is -3.19. The number of imidazole rings is 1. The molecule has 4 atom stereocenters. The topological polar surface area (TPSA) is 140 Å². The lowest BCUT2D eigenvalue weighted by Crippen LogP contribution is -2.46. The van der Waals surface area contributed by atoms with Gasteiger partial charge < -0.3 is 34.8 Å². The number of likely N-dealkylation sites (N-methyl/N-ethyl adjacent to an activating group) is 1. The number of hydrogen-bond acceptors (Lipinski definition) is 9. The number of aliphatic hydroxyl groups excluding tert-OH is 3. The predicted octanol–water partition coefficient (Wildman–Crippen LogP) is -2.52. The molecule has 4 heterocycles. The number of ether oxygens (including phenoxy) is 1. The molecular formula is C15H22N6O5. The van der Waals surface area contributed by atoms with Crippen molar-refractivity contribution in [2.24, 2.45) is 0 Å². The SMILES string of the molecule is CN1CCN(c2nc3c(=O)[nH]cnc3n2[C@@H]2O[C@@H](CO)[C@@H](O)[C@H]2O)CC1. The number of nitrogens with one attached hydrogen (secondary N) is 1. The molecule has 0 aromatic carbocycles. The van der Waals surface area contributed by atoms with Gasteiger partial charge in [-0.15, -0.1) is 0 Å². The zero-order valence-corrected chi connectivity index (χ0v) is 14.3. The molecule has 0 bridgehead atoms. The minimum absolute atomic E-state index is 0.138. The highest BCUT2D eigenvalue weighted by molar-refractivity contribution is 5.74. The fraction of sp³-hybridized carbons (Fsp3) is 0.667. The summed E-state index contributed by atoms with van der Waals surface area (Å²) in [5.41, 5.74) is 0.00700. The quantitative estimate of drug-likeness (QED) is 0.463. The Bertz CT molecular complexity index is 845. The van der Waals surface area contributed by atoms with Crippen LogP contribution in [-0.2, 0) is 4.74 Å². The molecular weight excluding hydrogens is 344 g/mol. The summed E-state index contributed by atoms with van der Waals surface area (Å²) in [7, 11) is 2.03. The second kappa shape index (κ2) is 6.59. The number of hydrogen-bond donors (Lipinski definition) is 4. The molecule has 2 aliphatic heterocycles. The average molecular weight is 366 g/mol. The molecule has 4 N–H and O–H groups in total. The molecule has 2 fully saturated rings. The van der Waals surface area contributed by atoms with E-state index in [4.69, 9.17) is 4.74 Å². The van der Waals surface area contributed by atoms with E-state index in [-0.39, 0.29) is 11.2 Å². The Balaban J connectivity index is 1.83. The first-order valence-corrected chi connectivity index (χ1v) is 8.53. The number of nitrogens with zero attached hydrogens (tertiary/aromatic N) is 5. The van der Waals surface area contributed by atoms with Crippen molar-refractivity contribution in [3.63, 3.8) is 0 Å². The lowest BCUT2D eigenvalue weighted by molar-refractivity contribution is -0.0505. The number of H-pyrrole nitrogens is 1. The predicted molar refractivity (Wildman–Crippen MR) is 90.9 cm³/mol. The number of aliphatic hydroxyl groups is 3. The Hall–Kier alpha value is -2.05. The minimum Gasteiger partial charge on any atom is -0.394 e. The maximum Gasteiger partial charge on any atom is 0.278 e. The van der Waals surface area contributed by atoms with Gasteiger partial charge >= 0.3 is 0 Å². The van der Waals surface area contributed by atoms with Gasteiger partial charge in [0.05, 0.1) is 12.9 Å².